The van der Waals surface area contributed by atoms with Crippen LogP contribution >= 0.6 is 27.5 Å². The van der Waals surface area contributed by atoms with Crippen molar-refractivity contribution in [2.45, 2.75) is 0 Å². The summed E-state index contributed by atoms with van der Waals surface area (Å²) in [7, 11) is 0. The lowest BCUT2D eigenvalue weighted by molar-refractivity contribution is 0.0733. The van der Waals surface area contributed by atoms with Crippen molar-refractivity contribution >= 4 is 33.5 Å². The molecule has 2 rings (SSSR count). The highest BCUT2D eigenvalue weighted by Crippen LogP contribution is 2.28. The molecule has 0 saturated heterocycles. The molecule has 2 aromatic rings. The van der Waals surface area contributed by atoms with E-state index in [1.807, 2.05) is 6.07 Å². The first-order valence-electron chi connectivity index (χ1n) is 4.89. The Morgan fingerprint density at radius 2 is 1.82 bits per heavy atom. The predicted molar refractivity (Wildman–Crippen MR) is 70.6 cm³/mol. The van der Waals surface area contributed by atoms with E-state index in [1.165, 1.54) is 0 Å². The van der Waals surface area contributed by atoms with Gasteiger partial charge in [-0.1, -0.05) is 29.8 Å². The van der Waals surface area contributed by atoms with Gasteiger partial charge in [0.25, 0.3) is 0 Å². The van der Waals surface area contributed by atoms with E-state index in [4.69, 9.17) is 16.3 Å². The Morgan fingerprint density at radius 1 is 1.12 bits per heavy atom. The van der Waals surface area contributed by atoms with Crippen LogP contribution < -0.4 is 4.74 Å². The van der Waals surface area contributed by atoms with Crippen LogP contribution in [0.25, 0.3) is 0 Å². The van der Waals surface area contributed by atoms with Crippen LogP contribution in [-0.2, 0) is 0 Å². The number of ether oxygens (including phenoxy) is 1. The number of hydrogen-bond donors (Lipinski definition) is 0. The third-order valence-electron chi connectivity index (χ3n) is 2.11. The molecule has 0 atom stereocenters. The molecular formula is C13H8BrClO2. The summed E-state index contributed by atoms with van der Waals surface area (Å²) < 4.78 is 5.89. The topological polar surface area (TPSA) is 26.3 Å². The molecule has 0 fully saturated rings. The van der Waals surface area contributed by atoms with Gasteiger partial charge in [0.05, 0.1) is 10.0 Å². The molecule has 0 aliphatic carbocycles. The van der Waals surface area contributed by atoms with Gasteiger partial charge in [0, 0.05) is 5.02 Å². The molecule has 0 spiro atoms. The second-order valence-electron chi connectivity index (χ2n) is 3.33. The second-order valence-corrected chi connectivity index (χ2v) is 4.62. The Balaban J connectivity index is 2.19. The van der Waals surface area contributed by atoms with Crippen LogP contribution in [0.5, 0.6) is 5.75 Å². The molecule has 0 saturated carbocycles. The number of hydrogen-bond acceptors (Lipinski definition) is 2. The molecule has 0 N–H and O–H groups in total. The fraction of sp³-hybridized carbons (Fsp3) is 0. The molecule has 0 radical (unpaired) electrons. The Labute approximate surface area is 112 Å². The molecule has 2 aromatic carbocycles. The molecule has 4 heteroatoms. The Morgan fingerprint density at radius 3 is 2.47 bits per heavy atom. The molecular weight excluding hydrogens is 303 g/mol. The van der Waals surface area contributed by atoms with Gasteiger partial charge in [0.2, 0.25) is 0 Å². The van der Waals surface area contributed by atoms with Crippen LogP contribution in [0.15, 0.2) is 53.0 Å². The molecule has 0 aliphatic heterocycles. The van der Waals surface area contributed by atoms with Gasteiger partial charge in [0.15, 0.2) is 0 Å². The van der Waals surface area contributed by atoms with E-state index in [0.717, 1.165) is 0 Å². The summed E-state index contributed by atoms with van der Waals surface area (Å²) in [6.45, 7) is 0. The predicted octanol–water partition coefficient (Wildman–Crippen LogP) is 4.32. The van der Waals surface area contributed by atoms with Crippen molar-refractivity contribution in [3.8, 4) is 5.75 Å². The molecule has 0 aliphatic rings. The average Bonchev–Trinajstić information content (AvgIpc) is 2.34. The van der Waals surface area contributed by atoms with Gasteiger partial charge in [-0.3, -0.25) is 0 Å². The minimum absolute atomic E-state index is 0.395. The highest BCUT2D eigenvalue weighted by molar-refractivity contribution is 9.10. The molecule has 0 aromatic heterocycles. The van der Waals surface area contributed by atoms with Crippen molar-refractivity contribution in [1.82, 2.24) is 0 Å². The summed E-state index contributed by atoms with van der Waals surface area (Å²) in [5.74, 6) is 0.0527. The largest absolute Gasteiger partial charge is 0.422 e. The van der Waals surface area contributed by atoms with Crippen molar-refractivity contribution < 1.29 is 9.53 Å². The first-order valence-corrected chi connectivity index (χ1v) is 6.06. The molecule has 0 bridgehead atoms. The zero-order chi connectivity index (χ0) is 12.3. The third-order valence-corrected chi connectivity index (χ3v) is 2.96. The Bertz CT molecular complexity index is 540. The lowest BCUT2D eigenvalue weighted by Gasteiger charge is -2.06. The van der Waals surface area contributed by atoms with Crippen molar-refractivity contribution in [1.29, 1.82) is 0 Å². The first kappa shape index (κ1) is 12.1. The van der Waals surface area contributed by atoms with Gasteiger partial charge in [-0.15, -0.1) is 0 Å². The smallest absolute Gasteiger partial charge is 0.343 e. The molecule has 86 valence electrons. The second kappa shape index (κ2) is 5.34. The lowest BCUT2D eigenvalue weighted by Crippen LogP contribution is -2.08. The monoisotopic (exact) mass is 310 g/mol. The fourth-order valence-corrected chi connectivity index (χ4v) is 2.05. The lowest BCUT2D eigenvalue weighted by atomic mass is 10.2. The maximum Gasteiger partial charge on any atom is 0.343 e. The molecule has 2 nitrogen and oxygen atoms in total. The van der Waals surface area contributed by atoms with Crippen LogP contribution in [0.3, 0.4) is 0 Å². The highest BCUT2D eigenvalue weighted by atomic mass is 79.9. The molecule has 0 amide bonds. The molecule has 0 heterocycles. The number of carbonyl (C=O) groups is 1. The van der Waals surface area contributed by atoms with Crippen LogP contribution in [0.4, 0.5) is 0 Å². The van der Waals surface area contributed by atoms with Crippen molar-refractivity contribution in [3.05, 3.63) is 63.6 Å². The number of halogens is 2. The van der Waals surface area contributed by atoms with Gasteiger partial charge in [-0.25, -0.2) is 4.79 Å². The van der Waals surface area contributed by atoms with Crippen molar-refractivity contribution in [3.63, 3.8) is 0 Å². The number of carbonyl (C=O) groups excluding carboxylic acids is 1. The van der Waals surface area contributed by atoms with Gasteiger partial charge >= 0.3 is 5.97 Å². The van der Waals surface area contributed by atoms with Gasteiger partial charge in [0.1, 0.15) is 5.75 Å². The molecule has 0 unspecified atom stereocenters. The number of benzene rings is 2. The average molecular weight is 312 g/mol. The summed E-state index contributed by atoms with van der Waals surface area (Å²) in [5.41, 5.74) is 0.509. The van der Waals surface area contributed by atoms with E-state index in [9.17, 15) is 4.79 Å². The van der Waals surface area contributed by atoms with Crippen LogP contribution in [0.1, 0.15) is 10.4 Å². The van der Waals surface area contributed by atoms with Crippen LogP contribution in [0, 0.1) is 0 Å². The molecule has 17 heavy (non-hydrogen) atoms. The van der Waals surface area contributed by atoms with Crippen LogP contribution in [-0.4, -0.2) is 5.97 Å². The van der Waals surface area contributed by atoms with E-state index < -0.39 is 5.97 Å². The van der Waals surface area contributed by atoms with E-state index in [-0.39, 0.29) is 0 Å². The summed E-state index contributed by atoms with van der Waals surface area (Å²) in [6, 6.07) is 13.8. The minimum atomic E-state index is -0.395. The summed E-state index contributed by atoms with van der Waals surface area (Å²) in [4.78, 5) is 11.8. The van der Waals surface area contributed by atoms with E-state index >= 15 is 0 Å². The maximum absolute atomic E-state index is 11.8. The maximum atomic E-state index is 11.8. The summed E-state index contributed by atoms with van der Waals surface area (Å²) in [5, 5.41) is 0.580. The normalized spacial score (nSPS) is 10.0. The quantitative estimate of drug-likeness (QED) is 0.610. The Kier molecular flexibility index (Phi) is 3.82. The van der Waals surface area contributed by atoms with Gasteiger partial charge < -0.3 is 4.74 Å². The van der Waals surface area contributed by atoms with E-state index in [0.29, 0.717) is 20.8 Å². The summed E-state index contributed by atoms with van der Waals surface area (Å²) >= 11 is 9.09. The van der Waals surface area contributed by atoms with E-state index in [2.05, 4.69) is 15.9 Å². The third kappa shape index (κ3) is 3.08. The van der Waals surface area contributed by atoms with Crippen LogP contribution in [0.2, 0.25) is 5.02 Å². The van der Waals surface area contributed by atoms with Gasteiger partial charge in [-0.05, 0) is 46.3 Å². The van der Waals surface area contributed by atoms with E-state index in [1.54, 1.807) is 42.5 Å². The number of esters is 1. The van der Waals surface area contributed by atoms with Crippen molar-refractivity contribution in [2.24, 2.45) is 0 Å². The summed E-state index contributed by atoms with van der Waals surface area (Å²) in [6.07, 6.45) is 0. The Hall–Kier alpha value is -1.32. The highest BCUT2D eigenvalue weighted by Gasteiger charge is 2.10. The SMILES string of the molecule is O=C(Oc1ccc(Cl)cc1Br)c1ccccc1. The minimum Gasteiger partial charge on any atom is -0.422 e. The van der Waals surface area contributed by atoms with Gasteiger partial charge in [-0.2, -0.15) is 0 Å². The standard InChI is InChI=1S/C13H8BrClO2/c14-11-8-10(15)6-7-12(11)17-13(16)9-4-2-1-3-5-9/h1-8H. The zero-order valence-corrected chi connectivity index (χ0v) is 11.0. The number of rotatable bonds is 2. The fourth-order valence-electron chi connectivity index (χ4n) is 1.29. The first-order chi connectivity index (χ1) is 8.16. The zero-order valence-electron chi connectivity index (χ0n) is 8.69. The van der Waals surface area contributed by atoms with Crippen molar-refractivity contribution in [2.75, 3.05) is 0 Å².